The second kappa shape index (κ2) is 5.99. The zero-order valence-corrected chi connectivity index (χ0v) is 8.09. The molecule has 0 radical (unpaired) electrons. The highest BCUT2D eigenvalue weighted by Gasteiger charge is 2.15. The summed E-state index contributed by atoms with van der Waals surface area (Å²) in [6.07, 6.45) is 1.32. The van der Waals surface area contributed by atoms with E-state index in [-0.39, 0.29) is 5.60 Å². The summed E-state index contributed by atoms with van der Waals surface area (Å²) < 4.78 is 10.4. The van der Waals surface area contributed by atoms with Gasteiger partial charge < -0.3 is 9.47 Å². The fraction of sp³-hybridized carbons (Fsp3) is 0.889. The predicted molar refractivity (Wildman–Crippen MR) is 46.8 cm³/mol. The molecule has 0 aromatic rings. The first kappa shape index (κ1) is 11.4. The summed E-state index contributed by atoms with van der Waals surface area (Å²) in [6, 6.07) is 2.02. The molecule has 0 aromatic carbocycles. The molecule has 3 heteroatoms. The Morgan fingerprint density at radius 3 is 2.50 bits per heavy atom. The number of hydrogen-bond acceptors (Lipinski definition) is 3. The van der Waals surface area contributed by atoms with Crippen molar-refractivity contribution in [2.75, 3.05) is 20.3 Å². The van der Waals surface area contributed by atoms with Gasteiger partial charge >= 0.3 is 0 Å². The van der Waals surface area contributed by atoms with Gasteiger partial charge in [0, 0.05) is 13.7 Å². The van der Waals surface area contributed by atoms with Gasteiger partial charge in [-0.05, 0) is 20.3 Å². The summed E-state index contributed by atoms with van der Waals surface area (Å²) in [5.41, 5.74) is -0.118. The van der Waals surface area contributed by atoms with E-state index in [9.17, 15) is 0 Å². The Labute approximate surface area is 74.3 Å². The van der Waals surface area contributed by atoms with Gasteiger partial charge in [-0.2, -0.15) is 5.26 Å². The molecule has 0 heterocycles. The highest BCUT2D eigenvalue weighted by Crippen LogP contribution is 2.12. The lowest BCUT2D eigenvalue weighted by Crippen LogP contribution is -2.24. The monoisotopic (exact) mass is 171 g/mol. The fourth-order valence-corrected chi connectivity index (χ4v) is 0.640. The van der Waals surface area contributed by atoms with Crippen LogP contribution in [0.5, 0.6) is 0 Å². The van der Waals surface area contributed by atoms with Crippen LogP contribution in [0.1, 0.15) is 26.7 Å². The predicted octanol–water partition coefficient (Wildman–Crippen LogP) is 1.73. The molecule has 3 nitrogen and oxygen atoms in total. The summed E-state index contributed by atoms with van der Waals surface area (Å²) in [7, 11) is 1.69. The van der Waals surface area contributed by atoms with Gasteiger partial charge in [0.25, 0.3) is 0 Å². The van der Waals surface area contributed by atoms with E-state index in [0.29, 0.717) is 19.6 Å². The average molecular weight is 171 g/mol. The van der Waals surface area contributed by atoms with E-state index in [1.165, 1.54) is 0 Å². The minimum Gasteiger partial charge on any atom is -0.380 e. The Hall–Kier alpha value is -0.590. The van der Waals surface area contributed by atoms with Crippen molar-refractivity contribution in [2.45, 2.75) is 32.3 Å². The Morgan fingerprint density at radius 1 is 1.33 bits per heavy atom. The summed E-state index contributed by atoms with van der Waals surface area (Å²) in [5.74, 6) is 0. The molecule has 0 fully saturated rings. The van der Waals surface area contributed by atoms with Crippen molar-refractivity contribution in [1.29, 1.82) is 5.26 Å². The Bertz CT molecular complexity index is 149. The SMILES string of the molecule is COC(C)(C)CCOCCC#N. The number of rotatable bonds is 6. The summed E-state index contributed by atoms with van der Waals surface area (Å²) in [5, 5.41) is 8.22. The minimum atomic E-state index is -0.118. The van der Waals surface area contributed by atoms with Gasteiger partial charge in [-0.15, -0.1) is 0 Å². The molecular formula is C9H17NO2. The van der Waals surface area contributed by atoms with Crippen LogP contribution in [0.4, 0.5) is 0 Å². The lowest BCUT2D eigenvalue weighted by Gasteiger charge is -2.22. The maximum Gasteiger partial charge on any atom is 0.0645 e. The Balaban J connectivity index is 3.26. The van der Waals surface area contributed by atoms with E-state index in [1.54, 1.807) is 7.11 Å². The third-order valence-electron chi connectivity index (χ3n) is 1.76. The van der Waals surface area contributed by atoms with Crippen molar-refractivity contribution >= 4 is 0 Å². The third-order valence-corrected chi connectivity index (χ3v) is 1.76. The number of methoxy groups -OCH3 is 1. The van der Waals surface area contributed by atoms with E-state index >= 15 is 0 Å². The molecule has 70 valence electrons. The van der Waals surface area contributed by atoms with Gasteiger partial charge in [0.15, 0.2) is 0 Å². The zero-order chi connectivity index (χ0) is 9.45. The fourth-order valence-electron chi connectivity index (χ4n) is 0.640. The molecule has 0 spiro atoms. The molecule has 0 rings (SSSR count). The van der Waals surface area contributed by atoms with Crippen molar-refractivity contribution in [3.63, 3.8) is 0 Å². The van der Waals surface area contributed by atoms with Gasteiger partial charge in [0.1, 0.15) is 0 Å². The summed E-state index contributed by atoms with van der Waals surface area (Å²) in [4.78, 5) is 0. The molecule has 0 atom stereocenters. The molecule has 0 aliphatic carbocycles. The van der Waals surface area contributed by atoms with E-state index in [1.807, 2.05) is 19.9 Å². The van der Waals surface area contributed by atoms with Crippen molar-refractivity contribution in [3.05, 3.63) is 0 Å². The number of ether oxygens (including phenoxy) is 2. The van der Waals surface area contributed by atoms with E-state index in [2.05, 4.69) is 0 Å². The van der Waals surface area contributed by atoms with Gasteiger partial charge in [0.05, 0.1) is 24.7 Å². The van der Waals surface area contributed by atoms with Gasteiger partial charge in [-0.25, -0.2) is 0 Å². The van der Waals surface area contributed by atoms with E-state index in [4.69, 9.17) is 14.7 Å². The largest absolute Gasteiger partial charge is 0.380 e. The van der Waals surface area contributed by atoms with Crippen LogP contribution in [0.2, 0.25) is 0 Å². The molecule has 0 amide bonds. The molecule has 0 saturated carbocycles. The summed E-state index contributed by atoms with van der Waals surface area (Å²) >= 11 is 0. The Kier molecular flexibility index (Phi) is 5.69. The molecule has 0 bridgehead atoms. The minimum absolute atomic E-state index is 0.118. The van der Waals surface area contributed by atoms with Crippen LogP contribution in [-0.2, 0) is 9.47 Å². The van der Waals surface area contributed by atoms with Crippen LogP contribution in [0.15, 0.2) is 0 Å². The van der Waals surface area contributed by atoms with Crippen LogP contribution in [0, 0.1) is 11.3 Å². The molecule has 0 aliphatic rings. The first-order valence-corrected chi connectivity index (χ1v) is 4.12. The lowest BCUT2D eigenvalue weighted by atomic mass is 10.1. The van der Waals surface area contributed by atoms with Crippen LogP contribution in [-0.4, -0.2) is 25.9 Å². The normalized spacial score (nSPS) is 11.2. The molecule has 12 heavy (non-hydrogen) atoms. The standard InChI is InChI=1S/C9H17NO2/c1-9(2,11-3)5-8-12-7-4-6-10/h4-5,7-8H2,1-3H3. The maximum absolute atomic E-state index is 8.22. The zero-order valence-electron chi connectivity index (χ0n) is 8.09. The molecular weight excluding hydrogens is 154 g/mol. The highest BCUT2D eigenvalue weighted by atomic mass is 16.5. The first-order chi connectivity index (χ1) is 5.62. The van der Waals surface area contributed by atoms with Crippen LogP contribution < -0.4 is 0 Å². The Morgan fingerprint density at radius 2 is 2.00 bits per heavy atom. The first-order valence-electron chi connectivity index (χ1n) is 4.12. The smallest absolute Gasteiger partial charge is 0.0645 e. The average Bonchev–Trinajstić information content (AvgIpc) is 2.04. The number of nitriles is 1. The lowest BCUT2D eigenvalue weighted by molar-refractivity contribution is -0.00910. The van der Waals surface area contributed by atoms with Crippen molar-refractivity contribution in [1.82, 2.24) is 0 Å². The maximum atomic E-state index is 8.22. The molecule has 0 aromatic heterocycles. The van der Waals surface area contributed by atoms with Gasteiger partial charge in [-0.3, -0.25) is 0 Å². The topological polar surface area (TPSA) is 42.2 Å². The molecule has 0 unspecified atom stereocenters. The van der Waals surface area contributed by atoms with Crippen LogP contribution in [0.3, 0.4) is 0 Å². The highest BCUT2D eigenvalue weighted by molar-refractivity contribution is 4.69. The quantitative estimate of drug-likeness (QED) is 0.571. The van der Waals surface area contributed by atoms with Crippen molar-refractivity contribution in [2.24, 2.45) is 0 Å². The summed E-state index contributed by atoms with van der Waals surface area (Å²) in [6.45, 7) is 5.21. The van der Waals surface area contributed by atoms with Crippen molar-refractivity contribution < 1.29 is 9.47 Å². The van der Waals surface area contributed by atoms with Crippen LogP contribution >= 0.6 is 0 Å². The second-order valence-electron chi connectivity index (χ2n) is 3.23. The third kappa shape index (κ3) is 6.14. The van der Waals surface area contributed by atoms with Crippen LogP contribution in [0.25, 0.3) is 0 Å². The van der Waals surface area contributed by atoms with Gasteiger partial charge in [0.2, 0.25) is 0 Å². The number of hydrogen-bond donors (Lipinski definition) is 0. The molecule has 0 N–H and O–H groups in total. The second-order valence-corrected chi connectivity index (χ2v) is 3.23. The van der Waals surface area contributed by atoms with Gasteiger partial charge in [-0.1, -0.05) is 0 Å². The van der Waals surface area contributed by atoms with E-state index < -0.39 is 0 Å². The number of nitrogens with zero attached hydrogens (tertiary/aromatic N) is 1. The van der Waals surface area contributed by atoms with E-state index in [0.717, 1.165) is 6.42 Å². The molecule has 0 aliphatic heterocycles. The van der Waals surface area contributed by atoms with Crippen molar-refractivity contribution in [3.8, 4) is 6.07 Å². The molecule has 0 saturated heterocycles.